The Labute approximate surface area is 159 Å². The standard InChI is InChI=1S/C17H34N4O.HI/c1-4-21-10-6-16(14-21)13-19-17(18-2)20(3)9-5-15-7-11-22-12-8-15;/h15-16H,4-14H2,1-3H3,(H,18,19);1H. The molecule has 2 saturated heterocycles. The lowest BCUT2D eigenvalue weighted by molar-refractivity contribution is 0.0625. The molecule has 0 amide bonds. The highest BCUT2D eigenvalue weighted by molar-refractivity contribution is 14.0. The normalized spacial score (nSPS) is 23.6. The van der Waals surface area contributed by atoms with Crippen LogP contribution in [0, 0.1) is 11.8 Å². The minimum Gasteiger partial charge on any atom is -0.381 e. The van der Waals surface area contributed by atoms with Crippen molar-refractivity contribution in [3.05, 3.63) is 0 Å². The molecule has 0 bridgehead atoms. The molecule has 2 aliphatic rings. The fourth-order valence-electron chi connectivity index (χ4n) is 3.50. The summed E-state index contributed by atoms with van der Waals surface area (Å²) in [6.07, 6.45) is 4.99. The molecule has 6 heteroatoms. The van der Waals surface area contributed by atoms with E-state index in [2.05, 4.69) is 34.1 Å². The van der Waals surface area contributed by atoms with Crippen LogP contribution in [0.5, 0.6) is 0 Å². The summed E-state index contributed by atoms with van der Waals surface area (Å²) in [5.74, 6) is 2.63. The Bertz CT molecular complexity index is 347. The third-order valence-electron chi connectivity index (χ3n) is 5.15. The van der Waals surface area contributed by atoms with Crippen molar-refractivity contribution in [2.75, 3.05) is 60.0 Å². The lowest BCUT2D eigenvalue weighted by Gasteiger charge is -2.27. The number of ether oxygens (including phenoxy) is 1. The van der Waals surface area contributed by atoms with Crippen molar-refractivity contribution in [3.8, 4) is 0 Å². The molecule has 2 rings (SSSR count). The molecule has 0 saturated carbocycles. The summed E-state index contributed by atoms with van der Waals surface area (Å²) in [5, 5.41) is 3.57. The van der Waals surface area contributed by atoms with Crippen molar-refractivity contribution in [2.24, 2.45) is 16.8 Å². The summed E-state index contributed by atoms with van der Waals surface area (Å²) >= 11 is 0. The molecule has 0 radical (unpaired) electrons. The molecular formula is C17H35IN4O. The molecule has 5 nitrogen and oxygen atoms in total. The zero-order valence-electron chi connectivity index (χ0n) is 15.1. The molecular weight excluding hydrogens is 403 g/mol. The van der Waals surface area contributed by atoms with Gasteiger partial charge >= 0.3 is 0 Å². The van der Waals surface area contributed by atoms with E-state index in [4.69, 9.17) is 4.74 Å². The molecule has 23 heavy (non-hydrogen) atoms. The van der Waals surface area contributed by atoms with Crippen LogP contribution in [0.4, 0.5) is 0 Å². The summed E-state index contributed by atoms with van der Waals surface area (Å²) in [7, 11) is 4.04. The van der Waals surface area contributed by atoms with Gasteiger partial charge in [-0.15, -0.1) is 24.0 Å². The van der Waals surface area contributed by atoms with E-state index >= 15 is 0 Å². The Morgan fingerprint density at radius 2 is 2.00 bits per heavy atom. The van der Waals surface area contributed by atoms with Gasteiger partial charge in [-0.25, -0.2) is 0 Å². The van der Waals surface area contributed by atoms with E-state index in [0.717, 1.165) is 44.1 Å². The van der Waals surface area contributed by atoms with Crippen LogP contribution in [0.3, 0.4) is 0 Å². The molecule has 2 fully saturated rings. The Morgan fingerprint density at radius 1 is 1.26 bits per heavy atom. The number of nitrogens with one attached hydrogen (secondary N) is 1. The fraction of sp³-hybridized carbons (Fsp3) is 0.941. The summed E-state index contributed by atoms with van der Waals surface area (Å²) in [6, 6.07) is 0. The Morgan fingerprint density at radius 3 is 2.61 bits per heavy atom. The van der Waals surface area contributed by atoms with Crippen molar-refractivity contribution < 1.29 is 4.74 Å². The molecule has 1 atom stereocenters. The lowest BCUT2D eigenvalue weighted by Crippen LogP contribution is -2.42. The number of halogens is 1. The van der Waals surface area contributed by atoms with E-state index in [0.29, 0.717) is 0 Å². The first kappa shape index (κ1) is 21.0. The van der Waals surface area contributed by atoms with Crippen molar-refractivity contribution in [1.82, 2.24) is 15.1 Å². The number of aliphatic imine (C=N–C) groups is 1. The average Bonchev–Trinajstić information content (AvgIpc) is 3.02. The minimum absolute atomic E-state index is 0. The highest BCUT2D eigenvalue weighted by Gasteiger charge is 2.21. The average molecular weight is 438 g/mol. The first-order valence-corrected chi connectivity index (χ1v) is 8.94. The molecule has 0 spiro atoms. The minimum atomic E-state index is 0. The first-order valence-electron chi connectivity index (χ1n) is 8.94. The first-order chi connectivity index (χ1) is 10.7. The van der Waals surface area contributed by atoms with Gasteiger partial charge < -0.3 is 19.9 Å². The van der Waals surface area contributed by atoms with Crippen LogP contribution in [-0.2, 0) is 4.74 Å². The van der Waals surface area contributed by atoms with Crippen LogP contribution >= 0.6 is 24.0 Å². The van der Waals surface area contributed by atoms with Gasteiger partial charge in [0.15, 0.2) is 5.96 Å². The smallest absolute Gasteiger partial charge is 0.193 e. The maximum Gasteiger partial charge on any atom is 0.193 e. The molecule has 2 heterocycles. The molecule has 0 aromatic carbocycles. The van der Waals surface area contributed by atoms with Gasteiger partial charge in [-0.3, -0.25) is 4.99 Å². The Hall–Kier alpha value is -0.0800. The van der Waals surface area contributed by atoms with Crippen LogP contribution in [0.25, 0.3) is 0 Å². The van der Waals surface area contributed by atoms with E-state index in [1.54, 1.807) is 0 Å². The van der Waals surface area contributed by atoms with E-state index in [1.165, 1.54) is 45.3 Å². The van der Waals surface area contributed by atoms with Crippen LogP contribution in [-0.4, -0.2) is 75.8 Å². The summed E-state index contributed by atoms with van der Waals surface area (Å²) in [4.78, 5) is 9.26. The van der Waals surface area contributed by atoms with Gasteiger partial charge in [-0.05, 0) is 50.6 Å². The monoisotopic (exact) mass is 438 g/mol. The number of rotatable bonds is 6. The maximum absolute atomic E-state index is 5.43. The number of hydrogen-bond donors (Lipinski definition) is 1. The van der Waals surface area contributed by atoms with Crippen molar-refractivity contribution in [2.45, 2.75) is 32.6 Å². The maximum atomic E-state index is 5.43. The van der Waals surface area contributed by atoms with Crippen LogP contribution < -0.4 is 5.32 Å². The van der Waals surface area contributed by atoms with Crippen molar-refractivity contribution in [1.29, 1.82) is 0 Å². The number of hydrogen-bond acceptors (Lipinski definition) is 3. The third-order valence-corrected chi connectivity index (χ3v) is 5.15. The van der Waals surface area contributed by atoms with E-state index in [1.807, 2.05) is 7.05 Å². The third kappa shape index (κ3) is 7.13. The van der Waals surface area contributed by atoms with Gasteiger partial charge in [0.05, 0.1) is 0 Å². The van der Waals surface area contributed by atoms with E-state index < -0.39 is 0 Å². The SMILES string of the molecule is CCN1CCC(CNC(=NC)N(C)CCC2CCOCC2)C1.I. The van der Waals surface area contributed by atoms with Gasteiger partial charge in [-0.2, -0.15) is 0 Å². The second-order valence-corrected chi connectivity index (χ2v) is 6.74. The van der Waals surface area contributed by atoms with Gasteiger partial charge in [0.2, 0.25) is 0 Å². The quantitative estimate of drug-likeness (QED) is 0.393. The Kier molecular flexibility index (Phi) is 10.5. The zero-order chi connectivity index (χ0) is 15.8. The molecule has 2 aliphatic heterocycles. The molecule has 0 aliphatic carbocycles. The molecule has 1 N–H and O–H groups in total. The fourth-order valence-corrected chi connectivity index (χ4v) is 3.50. The summed E-state index contributed by atoms with van der Waals surface area (Å²) < 4.78 is 5.43. The second kappa shape index (κ2) is 11.5. The highest BCUT2D eigenvalue weighted by atomic mass is 127. The Balaban J connectivity index is 0.00000264. The molecule has 0 aromatic heterocycles. The molecule has 1 unspecified atom stereocenters. The topological polar surface area (TPSA) is 40.1 Å². The van der Waals surface area contributed by atoms with Gasteiger partial charge in [-0.1, -0.05) is 6.92 Å². The van der Waals surface area contributed by atoms with Crippen LogP contribution in [0.2, 0.25) is 0 Å². The predicted octanol–water partition coefficient (Wildman–Crippen LogP) is 2.27. The van der Waals surface area contributed by atoms with Gasteiger partial charge in [0.1, 0.15) is 0 Å². The lowest BCUT2D eigenvalue weighted by atomic mass is 9.96. The molecule has 0 aromatic rings. The highest BCUT2D eigenvalue weighted by Crippen LogP contribution is 2.18. The molecule has 136 valence electrons. The van der Waals surface area contributed by atoms with Gasteiger partial charge in [0.25, 0.3) is 0 Å². The largest absolute Gasteiger partial charge is 0.381 e. The van der Waals surface area contributed by atoms with Crippen molar-refractivity contribution >= 4 is 29.9 Å². The number of guanidine groups is 1. The van der Waals surface area contributed by atoms with Crippen LogP contribution in [0.15, 0.2) is 4.99 Å². The second-order valence-electron chi connectivity index (χ2n) is 6.74. The van der Waals surface area contributed by atoms with Crippen LogP contribution in [0.1, 0.15) is 32.6 Å². The van der Waals surface area contributed by atoms with Crippen molar-refractivity contribution in [3.63, 3.8) is 0 Å². The van der Waals surface area contributed by atoms with E-state index in [9.17, 15) is 0 Å². The number of likely N-dealkylation sites (tertiary alicyclic amines) is 1. The number of nitrogens with zero attached hydrogens (tertiary/aromatic N) is 3. The predicted molar refractivity (Wildman–Crippen MR) is 108 cm³/mol. The zero-order valence-corrected chi connectivity index (χ0v) is 17.4. The van der Waals surface area contributed by atoms with Gasteiger partial charge in [0, 0.05) is 46.9 Å². The summed E-state index contributed by atoms with van der Waals surface area (Å²) in [6.45, 7) is 9.91. The summed E-state index contributed by atoms with van der Waals surface area (Å²) in [5.41, 5.74) is 0. The van der Waals surface area contributed by atoms with E-state index in [-0.39, 0.29) is 24.0 Å².